The molecule has 12 heteroatoms. The number of carbonyl (C=O) groups excluding carboxylic acids is 2. The highest BCUT2D eigenvalue weighted by Gasteiger charge is 2.55. The monoisotopic (exact) mass is 520 g/mol. The lowest BCUT2D eigenvalue weighted by Crippen LogP contribution is -2.41. The molecule has 1 aliphatic heterocycles. The Bertz CT molecular complexity index is 1120. The Hall–Kier alpha value is -2.86. The average molecular weight is 521 g/mol. The second kappa shape index (κ2) is 11.3. The van der Waals surface area contributed by atoms with Gasteiger partial charge in [-0.05, 0) is 31.6 Å². The van der Waals surface area contributed by atoms with Crippen molar-refractivity contribution >= 4 is 34.8 Å². The van der Waals surface area contributed by atoms with E-state index in [0.717, 1.165) is 25.7 Å². The van der Waals surface area contributed by atoms with E-state index in [1.165, 1.54) is 24.2 Å². The van der Waals surface area contributed by atoms with Crippen LogP contribution in [0, 0.1) is 11.8 Å². The van der Waals surface area contributed by atoms with Crippen LogP contribution in [0.2, 0.25) is 0 Å². The van der Waals surface area contributed by atoms with Crippen molar-refractivity contribution in [3.05, 3.63) is 6.33 Å². The molecule has 0 bridgehead atoms. The van der Waals surface area contributed by atoms with E-state index in [2.05, 4.69) is 25.6 Å². The van der Waals surface area contributed by atoms with Crippen molar-refractivity contribution in [2.45, 2.75) is 89.8 Å². The molecule has 4 rings (SSSR count). The number of aliphatic hydroxyl groups is 1. The molecule has 2 aromatic heterocycles. The minimum absolute atomic E-state index is 0.0673. The number of anilines is 2. The molecule has 4 atom stereocenters. The van der Waals surface area contributed by atoms with E-state index in [0.29, 0.717) is 23.7 Å². The molecule has 1 saturated heterocycles. The topological polar surface area (TPSA) is 140 Å². The number of esters is 1. The van der Waals surface area contributed by atoms with Gasteiger partial charge in [0.25, 0.3) is 0 Å². The molecule has 2 fully saturated rings. The molecule has 11 nitrogen and oxygen atoms in total. The summed E-state index contributed by atoms with van der Waals surface area (Å²) >= 11 is 0. The number of rotatable bonds is 9. The number of hydrogen-bond acceptors (Lipinski definition) is 9. The van der Waals surface area contributed by atoms with Crippen molar-refractivity contribution in [3.8, 4) is 0 Å². The quantitative estimate of drug-likeness (QED) is 0.425. The molecule has 2 aliphatic rings. The van der Waals surface area contributed by atoms with Gasteiger partial charge in [-0.1, -0.05) is 33.1 Å². The highest BCUT2D eigenvalue weighted by molar-refractivity contribution is 5.91. The van der Waals surface area contributed by atoms with Gasteiger partial charge in [0.15, 0.2) is 28.9 Å². The molecular weight excluding hydrogens is 483 g/mol. The minimum atomic E-state index is -2.24. The number of imidazole rings is 1. The van der Waals surface area contributed by atoms with E-state index >= 15 is 4.39 Å². The van der Waals surface area contributed by atoms with Gasteiger partial charge in [0.05, 0.1) is 6.33 Å². The molecule has 0 aromatic carbocycles. The summed E-state index contributed by atoms with van der Waals surface area (Å²) in [7, 11) is 1.66. The van der Waals surface area contributed by atoms with Crippen molar-refractivity contribution in [1.82, 2.24) is 19.5 Å². The Labute approximate surface area is 215 Å². The minimum Gasteiger partial charge on any atom is -0.463 e. The maximum Gasteiger partial charge on any atom is 0.306 e. The third-order valence-corrected chi connectivity index (χ3v) is 7.06. The van der Waals surface area contributed by atoms with Gasteiger partial charge >= 0.3 is 5.97 Å². The number of nitrogens with zero attached hydrogens (tertiary/aromatic N) is 4. The number of fused-ring (bicyclic) bond motifs is 1. The third kappa shape index (κ3) is 6.01. The average Bonchev–Trinajstić information content (AvgIpc) is 3.35. The summed E-state index contributed by atoms with van der Waals surface area (Å²) < 4.78 is 28.2. The van der Waals surface area contributed by atoms with Crippen molar-refractivity contribution in [3.63, 3.8) is 0 Å². The fourth-order valence-corrected chi connectivity index (χ4v) is 5.07. The van der Waals surface area contributed by atoms with Crippen LogP contribution in [-0.2, 0) is 19.1 Å². The van der Waals surface area contributed by atoms with Crippen LogP contribution in [0.5, 0.6) is 0 Å². The summed E-state index contributed by atoms with van der Waals surface area (Å²) in [6.45, 7) is 4.70. The molecular formula is C25H37FN6O5. The molecule has 2 aromatic rings. The summed E-state index contributed by atoms with van der Waals surface area (Å²) in [5.41, 5.74) is -1.66. The highest BCUT2D eigenvalue weighted by atomic mass is 19.1. The van der Waals surface area contributed by atoms with E-state index in [1.54, 1.807) is 7.05 Å². The number of aliphatic hydroxyl groups excluding tert-OH is 1. The maximum absolute atomic E-state index is 15.8. The molecule has 0 spiro atoms. The zero-order valence-corrected chi connectivity index (χ0v) is 21.9. The number of hydrogen-bond donors (Lipinski definition) is 3. The standard InChI is InChI=1S/C25H37FN6O5/c1-14(2)10-18(34)36-12-16-20(35)25(3,26)23(37-16)32-13-28-19-21(27-4)30-24(31-22(19)32)29-17(33)11-15-8-6-5-7-9-15/h13-16,20,23,35H,5-12H2,1-4H3,(H2,27,29,30,31,33)/t16-,20-,23-,25-/m1/s1. The van der Waals surface area contributed by atoms with E-state index < -0.39 is 30.1 Å². The van der Waals surface area contributed by atoms with Crippen LogP contribution in [0.4, 0.5) is 16.2 Å². The van der Waals surface area contributed by atoms with Crippen molar-refractivity contribution in [2.75, 3.05) is 24.3 Å². The Kier molecular flexibility index (Phi) is 8.27. The lowest BCUT2D eigenvalue weighted by atomic mass is 9.87. The molecule has 1 saturated carbocycles. The lowest BCUT2D eigenvalue weighted by Gasteiger charge is -2.24. The predicted molar refractivity (Wildman–Crippen MR) is 135 cm³/mol. The number of nitrogens with one attached hydrogen (secondary N) is 2. The van der Waals surface area contributed by atoms with Crippen LogP contribution < -0.4 is 10.6 Å². The molecule has 204 valence electrons. The fourth-order valence-electron chi connectivity index (χ4n) is 5.07. The Morgan fingerprint density at radius 1 is 1.30 bits per heavy atom. The molecule has 0 radical (unpaired) electrons. The van der Waals surface area contributed by atoms with Crippen LogP contribution in [0.25, 0.3) is 11.2 Å². The van der Waals surface area contributed by atoms with Crippen molar-refractivity contribution < 1.29 is 28.6 Å². The number of carbonyl (C=O) groups is 2. The van der Waals surface area contributed by atoms with Gasteiger partial charge in [0, 0.05) is 19.9 Å². The van der Waals surface area contributed by atoms with E-state index in [9.17, 15) is 14.7 Å². The van der Waals surface area contributed by atoms with Crippen molar-refractivity contribution in [2.24, 2.45) is 11.8 Å². The zero-order valence-electron chi connectivity index (χ0n) is 21.9. The van der Waals surface area contributed by atoms with Crippen LogP contribution in [0.15, 0.2) is 6.33 Å². The van der Waals surface area contributed by atoms with E-state index in [1.807, 2.05) is 13.8 Å². The van der Waals surface area contributed by atoms with Crippen LogP contribution in [0.3, 0.4) is 0 Å². The van der Waals surface area contributed by atoms with Crippen LogP contribution in [0.1, 0.15) is 71.9 Å². The molecule has 1 aliphatic carbocycles. The summed E-state index contributed by atoms with van der Waals surface area (Å²) in [5, 5.41) is 16.4. The normalized spacial score (nSPS) is 26.5. The molecule has 3 N–H and O–H groups in total. The van der Waals surface area contributed by atoms with Crippen LogP contribution in [-0.4, -0.2) is 68.0 Å². The SMILES string of the molecule is CNc1nc(NC(=O)CC2CCCCC2)nc2c1ncn2[C@@H]1O[C@H](COC(=O)CC(C)C)[C@@H](O)[C@@]1(C)F. The van der Waals surface area contributed by atoms with Gasteiger partial charge in [-0.15, -0.1) is 0 Å². The zero-order chi connectivity index (χ0) is 26.7. The summed E-state index contributed by atoms with van der Waals surface area (Å²) in [6, 6.07) is 0. The first kappa shape index (κ1) is 27.2. The lowest BCUT2D eigenvalue weighted by molar-refractivity contribution is -0.150. The largest absolute Gasteiger partial charge is 0.463 e. The first-order valence-electron chi connectivity index (χ1n) is 13.0. The first-order chi connectivity index (χ1) is 17.6. The van der Waals surface area contributed by atoms with E-state index in [4.69, 9.17) is 9.47 Å². The van der Waals surface area contributed by atoms with Crippen molar-refractivity contribution in [1.29, 1.82) is 0 Å². The van der Waals surface area contributed by atoms with E-state index in [-0.39, 0.29) is 36.4 Å². The number of aromatic nitrogens is 4. The van der Waals surface area contributed by atoms with Gasteiger partial charge in [-0.2, -0.15) is 9.97 Å². The maximum atomic E-state index is 15.8. The first-order valence-corrected chi connectivity index (χ1v) is 13.0. The molecule has 37 heavy (non-hydrogen) atoms. The Morgan fingerprint density at radius 3 is 2.70 bits per heavy atom. The molecule has 1 amide bonds. The summed E-state index contributed by atoms with van der Waals surface area (Å²) in [6.07, 6.45) is 3.59. The fraction of sp³-hybridized carbons (Fsp3) is 0.720. The van der Waals surface area contributed by atoms with Gasteiger partial charge in [-0.25, -0.2) is 9.37 Å². The highest BCUT2D eigenvalue weighted by Crippen LogP contribution is 2.43. The smallest absolute Gasteiger partial charge is 0.306 e. The van der Waals surface area contributed by atoms with Gasteiger partial charge in [0.2, 0.25) is 11.9 Å². The third-order valence-electron chi connectivity index (χ3n) is 7.06. The second-order valence-electron chi connectivity index (χ2n) is 10.6. The number of halogens is 1. The number of amides is 1. The van der Waals surface area contributed by atoms with Gasteiger partial charge in [0.1, 0.15) is 18.8 Å². The van der Waals surface area contributed by atoms with Crippen LogP contribution >= 0.6 is 0 Å². The molecule has 0 unspecified atom stereocenters. The Balaban J connectivity index is 1.54. The summed E-state index contributed by atoms with van der Waals surface area (Å²) in [4.78, 5) is 37.8. The second-order valence-corrected chi connectivity index (χ2v) is 10.6. The number of ether oxygens (including phenoxy) is 2. The van der Waals surface area contributed by atoms with Gasteiger partial charge in [-0.3, -0.25) is 19.5 Å². The number of alkyl halides is 1. The van der Waals surface area contributed by atoms with Gasteiger partial charge < -0.3 is 19.9 Å². The predicted octanol–water partition coefficient (Wildman–Crippen LogP) is 3.35. The Morgan fingerprint density at radius 2 is 2.03 bits per heavy atom. The molecule has 3 heterocycles. The summed E-state index contributed by atoms with van der Waals surface area (Å²) in [5.74, 6) is 0.261.